The maximum atomic E-state index is 8.31. The average molecular weight is 218 g/mol. The van der Waals surface area contributed by atoms with Gasteiger partial charge in [-0.05, 0) is 5.56 Å². The topological polar surface area (TPSA) is 51.8 Å². The van der Waals surface area contributed by atoms with E-state index in [4.69, 9.17) is 5.26 Å². The third kappa shape index (κ3) is 3.83. The van der Waals surface area contributed by atoms with Crippen molar-refractivity contribution in [2.75, 3.05) is 7.05 Å². The summed E-state index contributed by atoms with van der Waals surface area (Å²) < 4.78 is 0. The second kappa shape index (κ2) is 5.83. The Morgan fingerprint density at radius 2 is 2.13 bits per heavy atom. The highest BCUT2D eigenvalue weighted by molar-refractivity contribution is 7.96. The number of benzene rings is 1. The first-order valence-electron chi connectivity index (χ1n) is 4.22. The van der Waals surface area contributed by atoms with Crippen LogP contribution in [-0.4, -0.2) is 23.4 Å². The van der Waals surface area contributed by atoms with Crippen LogP contribution in [0.2, 0.25) is 0 Å². The summed E-state index contributed by atoms with van der Waals surface area (Å²) >= 11 is 3.99. The van der Waals surface area contributed by atoms with E-state index in [1.165, 1.54) is 5.01 Å². The van der Waals surface area contributed by atoms with E-state index < -0.39 is 0 Å². The minimum absolute atomic E-state index is 0.254. The van der Waals surface area contributed by atoms with Crippen LogP contribution in [0.15, 0.2) is 40.4 Å². The molecular formula is C10H10N4S. The van der Waals surface area contributed by atoms with Gasteiger partial charge in [-0.1, -0.05) is 30.3 Å². The van der Waals surface area contributed by atoms with Gasteiger partial charge in [0.25, 0.3) is 0 Å². The molecule has 0 heterocycles. The Labute approximate surface area is 94.0 Å². The van der Waals surface area contributed by atoms with Gasteiger partial charge >= 0.3 is 0 Å². The number of amidine groups is 1. The lowest BCUT2D eigenvalue weighted by atomic mass is 10.2. The van der Waals surface area contributed by atoms with Crippen LogP contribution in [0, 0.1) is 11.5 Å². The molecule has 1 rings (SSSR count). The van der Waals surface area contributed by atoms with Gasteiger partial charge in [-0.15, -0.1) is 17.6 Å². The summed E-state index contributed by atoms with van der Waals surface area (Å²) in [7, 11) is 1.67. The molecule has 0 aliphatic carbocycles. The summed E-state index contributed by atoms with van der Waals surface area (Å²) in [5.41, 5.74) is 0.974. The molecule has 0 bridgehead atoms. The lowest BCUT2D eigenvalue weighted by Crippen LogP contribution is -2.15. The minimum Gasteiger partial charge on any atom is -0.245 e. The van der Waals surface area contributed by atoms with Crippen molar-refractivity contribution in [3.05, 3.63) is 35.9 Å². The van der Waals surface area contributed by atoms with Crippen LogP contribution in [0.5, 0.6) is 0 Å². The highest BCUT2D eigenvalue weighted by atomic mass is 32.1. The molecule has 0 atom stereocenters. The fourth-order valence-corrected chi connectivity index (χ4v) is 0.957. The van der Waals surface area contributed by atoms with Gasteiger partial charge in [0.2, 0.25) is 6.19 Å². The zero-order valence-electron chi connectivity index (χ0n) is 8.20. The Hall–Kier alpha value is -1.80. The van der Waals surface area contributed by atoms with Crippen molar-refractivity contribution in [3.8, 4) is 6.19 Å². The van der Waals surface area contributed by atoms with Crippen molar-refractivity contribution in [2.45, 2.75) is 0 Å². The van der Waals surface area contributed by atoms with E-state index in [1.54, 1.807) is 19.5 Å². The maximum absolute atomic E-state index is 8.31. The molecule has 1 aromatic rings. The number of nitriles is 1. The summed E-state index contributed by atoms with van der Waals surface area (Å²) in [6.07, 6.45) is 3.31. The van der Waals surface area contributed by atoms with Crippen LogP contribution in [-0.2, 0) is 0 Å². The normalized spacial score (nSPS) is 11.4. The number of hydrogen-bond acceptors (Lipinski definition) is 3. The first-order chi connectivity index (χ1) is 7.24. The van der Waals surface area contributed by atoms with E-state index in [-0.39, 0.29) is 5.17 Å². The third-order valence-electron chi connectivity index (χ3n) is 1.62. The van der Waals surface area contributed by atoms with E-state index >= 15 is 0 Å². The van der Waals surface area contributed by atoms with E-state index in [1.807, 2.05) is 30.3 Å². The van der Waals surface area contributed by atoms with Crippen molar-refractivity contribution in [3.63, 3.8) is 0 Å². The van der Waals surface area contributed by atoms with Crippen LogP contribution in [0.25, 0.3) is 0 Å². The second-order valence-corrected chi connectivity index (χ2v) is 3.09. The average Bonchev–Trinajstić information content (AvgIpc) is 2.27. The lowest BCUT2D eigenvalue weighted by Gasteiger charge is -2.08. The predicted octanol–water partition coefficient (Wildman–Crippen LogP) is 1.72. The van der Waals surface area contributed by atoms with Crippen molar-refractivity contribution in [1.29, 1.82) is 5.26 Å². The Balaban J connectivity index is 2.67. The van der Waals surface area contributed by atoms with Crippen molar-refractivity contribution in [1.82, 2.24) is 5.01 Å². The molecule has 15 heavy (non-hydrogen) atoms. The number of hydrogen-bond donors (Lipinski definition) is 1. The molecule has 0 spiro atoms. The van der Waals surface area contributed by atoms with E-state index in [2.05, 4.69) is 22.7 Å². The molecule has 0 aliphatic heterocycles. The Kier molecular flexibility index (Phi) is 4.38. The number of thiol groups is 1. The Morgan fingerprint density at radius 3 is 2.73 bits per heavy atom. The molecule has 0 saturated carbocycles. The highest BCUT2D eigenvalue weighted by Gasteiger charge is 1.96. The monoisotopic (exact) mass is 218 g/mol. The Morgan fingerprint density at radius 1 is 1.47 bits per heavy atom. The fraction of sp³-hybridized carbons (Fsp3) is 0.100. The van der Waals surface area contributed by atoms with Crippen LogP contribution in [0.3, 0.4) is 0 Å². The quantitative estimate of drug-likeness (QED) is 0.270. The Bertz CT molecular complexity index is 405. The van der Waals surface area contributed by atoms with Gasteiger partial charge in [0.05, 0.1) is 6.21 Å². The van der Waals surface area contributed by atoms with Crippen LogP contribution in [0.1, 0.15) is 5.56 Å². The number of hydrazone groups is 1. The number of aliphatic imine (C=N–C) groups is 1. The molecule has 0 aliphatic rings. The van der Waals surface area contributed by atoms with Crippen LogP contribution < -0.4 is 0 Å². The fourth-order valence-electron chi connectivity index (χ4n) is 0.861. The molecule has 0 unspecified atom stereocenters. The summed E-state index contributed by atoms with van der Waals surface area (Å²) in [6.45, 7) is 0. The summed E-state index contributed by atoms with van der Waals surface area (Å²) in [4.78, 5) is 3.44. The van der Waals surface area contributed by atoms with Gasteiger partial charge in [0.1, 0.15) is 0 Å². The molecule has 76 valence electrons. The molecule has 0 saturated heterocycles. The molecule has 5 heteroatoms. The predicted molar refractivity (Wildman–Crippen MR) is 63.8 cm³/mol. The number of nitrogens with zero attached hydrogens (tertiary/aromatic N) is 4. The molecule has 1 aromatic carbocycles. The maximum Gasteiger partial charge on any atom is 0.208 e. The first-order valence-corrected chi connectivity index (χ1v) is 4.67. The zero-order chi connectivity index (χ0) is 11.1. The van der Waals surface area contributed by atoms with Crippen LogP contribution in [0.4, 0.5) is 0 Å². The molecule has 0 aromatic heterocycles. The summed E-state index contributed by atoms with van der Waals surface area (Å²) in [5, 5.41) is 14.0. The van der Waals surface area contributed by atoms with E-state index in [0.717, 1.165) is 5.56 Å². The van der Waals surface area contributed by atoms with Gasteiger partial charge in [0.15, 0.2) is 5.17 Å². The van der Waals surface area contributed by atoms with E-state index in [9.17, 15) is 0 Å². The van der Waals surface area contributed by atoms with Crippen molar-refractivity contribution < 1.29 is 0 Å². The van der Waals surface area contributed by atoms with Gasteiger partial charge in [-0.2, -0.15) is 10.4 Å². The van der Waals surface area contributed by atoms with Crippen molar-refractivity contribution >= 4 is 24.0 Å². The van der Waals surface area contributed by atoms with Gasteiger partial charge in [0, 0.05) is 7.05 Å². The minimum atomic E-state index is 0.254. The van der Waals surface area contributed by atoms with E-state index in [0.29, 0.717) is 0 Å². The SMILES string of the molecule is CN(N=Cc1ccccc1)C(S)=NC#N. The third-order valence-corrected chi connectivity index (χ3v) is 2.01. The number of rotatable bonds is 2. The van der Waals surface area contributed by atoms with Gasteiger partial charge in [-0.3, -0.25) is 0 Å². The first kappa shape index (κ1) is 11.3. The molecule has 4 nitrogen and oxygen atoms in total. The smallest absolute Gasteiger partial charge is 0.208 e. The molecule has 0 N–H and O–H groups in total. The standard InChI is InChI=1S/C10H10N4S/c1-14(10(15)12-8-11)13-7-9-5-3-2-4-6-9/h2-7H,1H3,(H,12,15). The summed E-state index contributed by atoms with van der Waals surface area (Å²) in [5.74, 6) is 0. The van der Waals surface area contributed by atoms with Crippen molar-refractivity contribution in [2.24, 2.45) is 10.1 Å². The van der Waals surface area contributed by atoms with Crippen LogP contribution >= 0.6 is 12.6 Å². The molecule has 0 amide bonds. The molecule has 0 fully saturated rings. The zero-order valence-corrected chi connectivity index (χ0v) is 9.09. The molecular weight excluding hydrogens is 208 g/mol. The molecule has 0 radical (unpaired) electrons. The van der Waals surface area contributed by atoms with Gasteiger partial charge in [-0.25, -0.2) is 5.01 Å². The van der Waals surface area contributed by atoms with Gasteiger partial charge < -0.3 is 0 Å². The highest BCUT2D eigenvalue weighted by Crippen LogP contribution is 1.97. The summed E-state index contributed by atoms with van der Waals surface area (Å²) in [6, 6.07) is 9.63. The second-order valence-electron chi connectivity index (χ2n) is 2.69. The lowest BCUT2D eigenvalue weighted by molar-refractivity contribution is 0.560. The largest absolute Gasteiger partial charge is 0.245 e.